The van der Waals surface area contributed by atoms with E-state index >= 15 is 0 Å². The predicted octanol–water partition coefficient (Wildman–Crippen LogP) is 5.87. The van der Waals surface area contributed by atoms with Gasteiger partial charge >= 0.3 is 0 Å². The van der Waals surface area contributed by atoms with Crippen LogP contribution in [0.3, 0.4) is 0 Å². The highest BCUT2D eigenvalue weighted by molar-refractivity contribution is 5.34. The Morgan fingerprint density at radius 3 is 2.68 bits per heavy atom. The minimum Gasteiger partial charge on any atom is -0.310 e. The Labute approximate surface area is 136 Å². The second-order valence-corrected chi connectivity index (χ2v) is 9.86. The Hall–Kier alpha value is -0.770. The Morgan fingerprint density at radius 1 is 1.18 bits per heavy atom. The van der Waals surface area contributed by atoms with E-state index in [1.165, 1.54) is 38.5 Å². The van der Waals surface area contributed by atoms with Gasteiger partial charge in [-0.25, -0.2) is 6.57 Å². The van der Waals surface area contributed by atoms with Crippen molar-refractivity contribution >= 4 is 0 Å². The van der Waals surface area contributed by atoms with E-state index in [-0.39, 0.29) is 5.54 Å². The molecule has 0 spiro atoms. The minimum atomic E-state index is -0.0751. The molecule has 0 amide bonds. The van der Waals surface area contributed by atoms with Crippen LogP contribution in [-0.2, 0) is 0 Å². The Kier molecular flexibility index (Phi) is 3.11. The summed E-state index contributed by atoms with van der Waals surface area (Å²) < 4.78 is 0. The monoisotopic (exact) mass is 297 g/mol. The molecule has 0 aliphatic heterocycles. The van der Waals surface area contributed by atoms with Crippen molar-refractivity contribution < 1.29 is 0 Å². The molecule has 2 fully saturated rings. The van der Waals surface area contributed by atoms with Crippen LogP contribution in [0, 0.1) is 41.6 Å². The van der Waals surface area contributed by atoms with Gasteiger partial charge in [-0.15, -0.1) is 0 Å². The van der Waals surface area contributed by atoms with E-state index in [9.17, 15) is 0 Å². The summed E-state index contributed by atoms with van der Waals surface area (Å²) in [7, 11) is 0. The van der Waals surface area contributed by atoms with Gasteiger partial charge in [-0.3, -0.25) is 0 Å². The third kappa shape index (κ3) is 1.95. The highest BCUT2D eigenvalue weighted by Gasteiger charge is 2.58. The second kappa shape index (κ2) is 4.62. The van der Waals surface area contributed by atoms with Crippen molar-refractivity contribution in [3.63, 3.8) is 0 Å². The zero-order valence-corrected chi connectivity index (χ0v) is 14.8. The van der Waals surface area contributed by atoms with E-state index in [0.717, 1.165) is 30.1 Å². The molecule has 4 aliphatic rings. The molecule has 0 aromatic heterocycles. The average Bonchev–Trinajstić information content (AvgIpc) is 2.45. The van der Waals surface area contributed by atoms with Gasteiger partial charge in [0, 0.05) is 19.3 Å². The first kappa shape index (κ1) is 14.8. The van der Waals surface area contributed by atoms with Gasteiger partial charge in [-0.2, -0.15) is 0 Å². The zero-order chi connectivity index (χ0) is 15.7. The third-order valence-electron chi connectivity index (χ3n) is 7.78. The van der Waals surface area contributed by atoms with Crippen LogP contribution in [0.1, 0.15) is 72.6 Å². The molecule has 2 saturated carbocycles. The van der Waals surface area contributed by atoms with Crippen LogP contribution < -0.4 is 0 Å². The van der Waals surface area contributed by atoms with Crippen molar-refractivity contribution in [3.8, 4) is 0 Å². The maximum absolute atomic E-state index is 7.81. The Morgan fingerprint density at radius 2 is 1.95 bits per heavy atom. The van der Waals surface area contributed by atoms with Gasteiger partial charge in [0.15, 0.2) is 0 Å². The summed E-state index contributed by atoms with van der Waals surface area (Å²) in [5.41, 5.74) is 4.14. The van der Waals surface area contributed by atoms with E-state index in [1.54, 1.807) is 0 Å². The first-order chi connectivity index (χ1) is 10.3. The summed E-state index contributed by atoms with van der Waals surface area (Å²) in [5, 5.41) is 0. The van der Waals surface area contributed by atoms with Gasteiger partial charge in [0.2, 0.25) is 5.54 Å². The Balaban J connectivity index is 1.81. The predicted molar refractivity (Wildman–Crippen MR) is 91.3 cm³/mol. The summed E-state index contributed by atoms with van der Waals surface area (Å²) in [6.45, 7) is 17.5. The normalized spacial score (nSPS) is 49.3. The molecule has 0 radical (unpaired) electrons. The number of allylic oxidation sites excluding steroid dienone is 2. The van der Waals surface area contributed by atoms with Crippen LogP contribution in [0.2, 0.25) is 0 Å². The van der Waals surface area contributed by atoms with Crippen LogP contribution in [0.25, 0.3) is 4.85 Å². The zero-order valence-electron chi connectivity index (χ0n) is 14.8. The van der Waals surface area contributed by atoms with Crippen molar-refractivity contribution in [2.45, 2.75) is 78.2 Å². The summed E-state index contributed by atoms with van der Waals surface area (Å²) in [6.07, 6.45) is 9.17. The molecular formula is C21H31N. The molecule has 1 heteroatoms. The van der Waals surface area contributed by atoms with Gasteiger partial charge in [-0.1, -0.05) is 31.9 Å². The van der Waals surface area contributed by atoms with Crippen LogP contribution in [0.4, 0.5) is 0 Å². The average molecular weight is 297 g/mol. The maximum atomic E-state index is 7.81. The molecular weight excluding hydrogens is 266 g/mol. The highest BCUT2D eigenvalue weighted by atomic mass is 14.8. The smallest absolute Gasteiger partial charge is 0.233 e. The molecule has 0 aromatic rings. The highest BCUT2D eigenvalue weighted by Crippen LogP contribution is 2.63. The molecule has 4 aliphatic carbocycles. The summed E-state index contributed by atoms with van der Waals surface area (Å²) >= 11 is 0. The molecule has 0 saturated heterocycles. The SMILES string of the molecule is [C-]#[N+][C@@]1(C)CC[C@H]2[C@H]3C4=C(CC[C@H]31)CC(C)(C)CC4C[C@@H]2C. The number of rotatable bonds is 0. The van der Waals surface area contributed by atoms with Gasteiger partial charge in [0.1, 0.15) is 0 Å². The molecule has 0 bridgehead atoms. The molecule has 1 unspecified atom stereocenters. The van der Waals surface area contributed by atoms with Crippen LogP contribution in [-0.4, -0.2) is 5.54 Å². The molecule has 0 aromatic carbocycles. The number of hydrogen-bond donors (Lipinski definition) is 0. The van der Waals surface area contributed by atoms with Crippen molar-refractivity contribution in [2.75, 3.05) is 0 Å². The first-order valence-electron chi connectivity index (χ1n) is 9.45. The lowest BCUT2D eigenvalue weighted by atomic mass is 9.46. The molecule has 0 heterocycles. The van der Waals surface area contributed by atoms with E-state index < -0.39 is 0 Å². The first-order valence-corrected chi connectivity index (χ1v) is 9.45. The van der Waals surface area contributed by atoms with Crippen molar-refractivity contribution in [2.24, 2.45) is 35.0 Å². The molecule has 0 N–H and O–H groups in total. The number of nitrogens with zero attached hydrogens (tertiary/aromatic N) is 1. The quantitative estimate of drug-likeness (QED) is 0.389. The molecule has 22 heavy (non-hydrogen) atoms. The van der Waals surface area contributed by atoms with Crippen molar-refractivity contribution in [3.05, 3.63) is 22.6 Å². The van der Waals surface area contributed by atoms with Crippen LogP contribution in [0.15, 0.2) is 11.1 Å². The Bertz CT molecular complexity index is 563. The third-order valence-corrected chi connectivity index (χ3v) is 7.78. The lowest BCUT2D eigenvalue weighted by Gasteiger charge is -2.57. The van der Waals surface area contributed by atoms with Crippen molar-refractivity contribution in [1.82, 2.24) is 0 Å². The van der Waals surface area contributed by atoms with E-state index in [2.05, 4.69) is 32.5 Å². The maximum Gasteiger partial charge on any atom is 0.233 e. The van der Waals surface area contributed by atoms with Gasteiger partial charge < -0.3 is 4.85 Å². The number of hydrogen-bond acceptors (Lipinski definition) is 0. The van der Waals surface area contributed by atoms with E-state index in [1.807, 2.05) is 11.1 Å². The topological polar surface area (TPSA) is 4.36 Å². The second-order valence-electron chi connectivity index (χ2n) is 9.86. The minimum absolute atomic E-state index is 0.0751. The summed E-state index contributed by atoms with van der Waals surface area (Å²) in [4.78, 5) is 4.17. The molecule has 4 rings (SSSR count). The van der Waals surface area contributed by atoms with Gasteiger partial charge in [-0.05, 0) is 67.6 Å². The van der Waals surface area contributed by atoms with Crippen LogP contribution >= 0.6 is 0 Å². The van der Waals surface area contributed by atoms with Crippen molar-refractivity contribution in [1.29, 1.82) is 0 Å². The summed E-state index contributed by atoms with van der Waals surface area (Å²) in [6, 6.07) is 0. The fourth-order valence-electron chi connectivity index (χ4n) is 6.95. The lowest BCUT2D eigenvalue weighted by Crippen LogP contribution is -2.53. The van der Waals surface area contributed by atoms with Gasteiger partial charge in [0.25, 0.3) is 0 Å². The molecule has 6 atom stereocenters. The molecule has 120 valence electrons. The largest absolute Gasteiger partial charge is 0.310 e. The fourth-order valence-corrected chi connectivity index (χ4v) is 6.95. The van der Waals surface area contributed by atoms with E-state index in [4.69, 9.17) is 6.57 Å². The molecule has 1 nitrogen and oxygen atoms in total. The summed E-state index contributed by atoms with van der Waals surface area (Å²) in [5.74, 6) is 3.99. The lowest BCUT2D eigenvalue weighted by molar-refractivity contribution is 0.0165. The van der Waals surface area contributed by atoms with Gasteiger partial charge in [0.05, 0.1) is 0 Å². The van der Waals surface area contributed by atoms with Crippen LogP contribution in [0.5, 0.6) is 0 Å². The standard InChI is InChI=1S/C21H31N/c1-13-10-15-12-20(2,3)11-14-6-7-17-19(18(14)15)16(13)8-9-21(17,4)22-5/h13,15-17,19H,6-12H2,1-4H3/t13-,15?,16+,17+,19+,21-/m0/s1. The fraction of sp³-hybridized carbons (Fsp3) is 0.857. The van der Waals surface area contributed by atoms with E-state index in [0.29, 0.717) is 11.3 Å².